The van der Waals surface area contributed by atoms with E-state index in [2.05, 4.69) is 4.98 Å². The molecule has 0 saturated carbocycles. The Labute approximate surface area is 92.1 Å². The van der Waals surface area contributed by atoms with Gasteiger partial charge in [-0.2, -0.15) is 4.98 Å². The Balaban J connectivity index is 1.68. The van der Waals surface area contributed by atoms with Crippen LogP contribution >= 0.6 is 0 Å². The van der Waals surface area contributed by atoms with Crippen molar-refractivity contribution < 1.29 is 18.3 Å². The molecule has 0 unspecified atom stereocenters. The fourth-order valence-electron chi connectivity index (χ4n) is 1.92. The molecule has 88 valence electrons. The number of halogens is 1. The summed E-state index contributed by atoms with van der Waals surface area (Å²) >= 11 is 0. The lowest BCUT2D eigenvalue weighted by Gasteiger charge is -2.31. The van der Waals surface area contributed by atoms with Gasteiger partial charge in [-0.25, -0.2) is 4.39 Å². The molecule has 2 fully saturated rings. The molecule has 0 amide bonds. The standard InChI is InChI=1S/C10H13FN2O3/c1-6-15-9(16-6)8-5-14-10(12-8)13-3-2-7(11)4-13/h5-7,9H,2-4H2,1H3/t6?,7-,9?/m1/s1. The van der Waals surface area contributed by atoms with Crippen LogP contribution in [-0.4, -0.2) is 30.5 Å². The van der Waals surface area contributed by atoms with Crippen molar-refractivity contribution in [2.24, 2.45) is 0 Å². The molecule has 2 saturated heterocycles. The van der Waals surface area contributed by atoms with E-state index in [1.54, 1.807) is 4.90 Å². The van der Waals surface area contributed by atoms with Crippen molar-refractivity contribution in [2.75, 3.05) is 18.0 Å². The minimum absolute atomic E-state index is 0.188. The molecule has 0 bridgehead atoms. The zero-order valence-corrected chi connectivity index (χ0v) is 8.93. The summed E-state index contributed by atoms with van der Waals surface area (Å²) in [6.45, 7) is 2.80. The molecule has 3 heterocycles. The van der Waals surface area contributed by atoms with Gasteiger partial charge in [0.25, 0.3) is 6.01 Å². The van der Waals surface area contributed by atoms with Gasteiger partial charge in [-0.15, -0.1) is 0 Å². The normalized spacial score (nSPS) is 34.1. The van der Waals surface area contributed by atoms with Gasteiger partial charge in [0.2, 0.25) is 6.29 Å². The average Bonchev–Trinajstić information content (AvgIpc) is 2.81. The monoisotopic (exact) mass is 228 g/mol. The first-order valence-electron chi connectivity index (χ1n) is 5.38. The van der Waals surface area contributed by atoms with Gasteiger partial charge in [0.1, 0.15) is 18.1 Å². The van der Waals surface area contributed by atoms with Gasteiger partial charge in [0.05, 0.1) is 6.54 Å². The molecular formula is C10H13FN2O3. The highest BCUT2D eigenvalue weighted by Gasteiger charge is 2.32. The number of oxazole rings is 1. The van der Waals surface area contributed by atoms with Gasteiger partial charge in [-0.3, -0.25) is 0 Å². The Morgan fingerprint density at radius 3 is 2.94 bits per heavy atom. The first kappa shape index (κ1) is 10.0. The van der Waals surface area contributed by atoms with E-state index in [-0.39, 0.29) is 6.29 Å². The second kappa shape index (κ2) is 3.71. The Bertz CT molecular complexity index is 378. The lowest BCUT2D eigenvalue weighted by molar-refractivity contribution is -0.383. The van der Waals surface area contributed by atoms with Crippen molar-refractivity contribution in [1.29, 1.82) is 0 Å². The van der Waals surface area contributed by atoms with Crippen molar-refractivity contribution >= 4 is 6.01 Å². The summed E-state index contributed by atoms with van der Waals surface area (Å²) in [5.74, 6) is 0. The number of rotatable bonds is 2. The molecule has 0 radical (unpaired) electrons. The Morgan fingerprint density at radius 1 is 1.50 bits per heavy atom. The van der Waals surface area contributed by atoms with E-state index in [9.17, 15) is 4.39 Å². The van der Waals surface area contributed by atoms with E-state index in [4.69, 9.17) is 13.9 Å². The maximum absolute atomic E-state index is 13.0. The van der Waals surface area contributed by atoms with Crippen LogP contribution in [0.3, 0.4) is 0 Å². The van der Waals surface area contributed by atoms with Crippen LogP contribution in [0, 0.1) is 0 Å². The van der Waals surface area contributed by atoms with E-state index in [0.717, 1.165) is 0 Å². The topological polar surface area (TPSA) is 47.7 Å². The maximum Gasteiger partial charge on any atom is 0.297 e. The Kier molecular flexibility index (Phi) is 2.33. The highest BCUT2D eigenvalue weighted by molar-refractivity contribution is 5.29. The summed E-state index contributed by atoms with van der Waals surface area (Å²) in [7, 11) is 0. The number of hydrogen-bond acceptors (Lipinski definition) is 5. The zero-order chi connectivity index (χ0) is 11.1. The van der Waals surface area contributed by atoms with E-state index in [1.807, 2.05) is 6.92 Å². The van der Waals surface area contributed by atoms with E-state index < -0.39 is 12.5 Å². The number of aromatic nitrogens is 1. The molecular weight excluding hydrogens is 215 g/mol. The Hall–Kier alpha value is -1.14. The molecule has 0 aliphatic carbocycles. The van der Waals surface area contributed by atoms with Gasteiger partial charge in [-0.05, 0) is 13.3 Å². The van der Waals surface area contributed by atoms with Crippen LogP contribution in [-0.2, 0) is 9.47 Å². The summed E-state index contributed by atoms with van der Waals surface area (Å²) < 4.78 is 28.8. The molecule has 2 aliphatic rings. The molecule has 0 N–H and O–H groups in total. The maximum atomic E-state index is 13.0. The second-order valence-electron chi connectivity index (χ2n) is 4.06. The summed E-state index contributed by atoms with van der Waals surface area (Å²) in [5, 5.41) is 0. The number of hydrogen-bond donors (Lipinski definition) is 0. The van der Waals surface area contributed by atoms with Gasteiger partial charge >= 0.3 is 0 Å². The first-order chi connectivity index (χ1) is 7.72. The summed E-state index contributed by atoms with van der Waals surface area (Å²) in [6, 6.07) is 0.446. The number of anilines is 1. The third kappa shape index (κ3) is 1.68. The Morgan fingerprint density at radius 2 is 2.31 bits per heavy atom. The average molecular weight is 228 g/mol. The zero-order valence-electron chi connectivity index (χ0n) is 8.93. The predicted octanol–water partition coefficient (Wildman–Crippen LogP) is 1.61. The van der Waals surface area contributed by atoms with Crippen LogP contribution in [0.25, 0.3) is 0 Å². The molecule has 1 aromatic heterocycles. The summed E-state index contributed by atoms with van der Waals surface area (Å²) in [6.07, 6.45) is 0.623. The van der Waals surface area contributed by atoms with Crippen LogP contribution in [0.2, 0.25) is 0 Å². The number of ether oxygens (including phenoxy) is 2. The van der Waals surface area contributed by atoms with Crippen molar-refractivity contribution in [2.45, 2.75) is 32.1 Å². The fraction of sp³-hybridized carbons (Fsp3) is 0.700. The minimum atomic E-state index is -0.786. The van der Waals surface area contributed by atoms with Crippen LogP contribution in [0.4, 0.5) is 10.4 Å². The van der Waals surface area contributed by atoms with Gasteiger partial charge < -0.3 is 18.8 Å². The lowest BCUT2D eigenvalue weighted by Crippen LogP contribution is -2.31. The number of alkyl halides is 1. The fourth-order valence-corrected chi connectivity index (χ4v) is 1.92. The SMILES string of the molecule is CC1OC(c2coc(N3CC[C@@H](F)C3)n2)O1. The van der Waals surface area contributed by atoms with Crippen molar-refractivity contribution in [3.63, 3.8) is 0 Å². The van der Waals surface area contributed by atoms with Crippen LogP contribution < -0.4 is 4.90 Å². The quantitative estimate of drug-likeness (QED) is 0.769. The smallest absolute Gasteiger partial charge is 0.297 e. The number of nitrogens with zero attached hydrogens (tertiary/aromatic N) is 2. The molecule has 0 aromatic carbocycles. The highest BCUT2D eigenvalue weighted by Crippen LogP contribution is 2.32. The molecule has 1 aromatic rings. The molecule has 0 spiro atoms. The second-order valence-corrected chi connectivity index (χ2v) is 4.06. The predicted molar refractivity (Wildman–Crippen MR) is 52.6 cm³/mol. The van der Waals surface area contributed by atoms with Crippen LogP contribution in [0.15, 0.2) is 10.7 Å². The lowest BCUT2D eigenvalue weighted by atomic mass is 10.3. The van der Waals surface area contributed by atoms with Crippen molar-refractivity contribution in [3.8, 4) is 0 Å². The largest absolute Gasteiger partial charge is 0.432 e. The molecule has 3 rings (SSSR count). The van der Waals surface area contributed by atoms with Gasteiger partial charge in [0, 0.05) is 6.54 Å². The summed E-state index contributed by atoms with van der Waals surface area (Å²) in [5.41, 5.74) is 0.607. The molecule has 16 heavy (non-hydrogen) atoms. The van der Waals surface area contributed by atoms with E-state index >= 15 is 0 Å². The van der Waals surface area contributed by atoms with Gasteiger partial charge in [-0.1, -0.05) is 0 Å². The third-order valence-electron chi connectivity index (χ3n) is 2.78. The van der Waals surface area contributed by atoms with Gasteiger partial charge in [0.15, 0.2) is 6.29 Å². The van der Waals surface area contributed by atoms with Crippen LogP contribution in [0.1, 0.15) is 25.3 Å². The van der Waals surface area contributed by atoms with Crippen molar-refractivity contribution in [3.05, 3.63) is 12.0 Å². The molecule has 5 nitrogen and oxygen atoms in total. The third-order valence-corrected chi connectivity index (χ3v) is 2.78. The van der Waals surface area contributed by atoms with E-state index in [1.165, 1.54) is 6.26 Å². The molecule has 1 atom stereocenters. The molecule has 2 aliphatic heterocycles. The van der Waals surface area contributed by atoms with E-state index in [0.29, 0.717) is 31.2 Å². The summed E-state index contributed by atoms with van der Waals surface area (Å²) in [4.78, 5) is 6.01. The highest BCUT2D eigenvalue weighted by atomic mass is 19.1. The van der Waals surface area contributed by atoms with Crippen LogP contribution in [0.5, 0.6) is 0 Å². The minimum Gasteiger partial charge on any atom is -0.432 e. The van der Waals surface area contributed by atoms with Crippen molar-refractivity contribution in [1.82, 2.24) is 4.98 Å². The first-order valence-corrected chi connectivity index (χ1v) is 5.38. The molecule has 6 heteroatoms.